The second-order valence-electron chi connectivity index (χ2n) is 8.73. The summed E-state index contributed by atoms with van der Waals surface area (Å²) in [7, 11) is 4.41. The highest BCUT2D eigenvalue weighted by Gasteiger charge is 2.39. The minimum absolute atomic E-state index is 0.0734. The Morgan fingerprint density at radius 3 is 2.50 bits per heavy atom. The molecule has 148 valence electrons. The third-order valence-electron chi connectivity index (χ3n) is 7.00. The Bertz CT molecular complexity index is 1010. The van der Waals surface area contributed by atoms with Crippen molar-refractivity contribution in [1.29, 1.82) is 0 Å². The van der Waals surface area contributed by atoms with Crippen LogP contribution >= 0.6 is 0 Å². The molecule has 1 aromatic heterocycles. The fourth-order valence-corrected chi connectivity index (χ4v) is 4.91. The molecule has 28 heavy (non-hydrogen) atoms. The normalized spacial score (nSPS) is 16.7. The number of aromatic nitrogens is 1. The summed E-state index contributed by atoms with van der Waals surface area (Å²) in [5.74, 6) is 0.107. The summed E-state index contributed by atoms with van der Waals surface area (Å²) in [6.45, 7) is 5.17. The lowest BCUT2D eigenvalue weighted by Crippen LogP contribution is -2.57. The summed E-state index contributed by atoms with van der Waals surface area (Å²) < 4.78 is 3.10. The number of hydrogen-bond donors (Lipinski definition) is 1. The Labute approximate surface area is 167 Å². The molecule has 1 amide bonds. The number of carbonyl (C=O) groups excluding carboxylic acids is 1. The van der Waals surface area contributed by atoms with Gasteiger partial charge in [-0.15, -0.1) is 0 Å². The van der Waals surface area contributed by atoms with Crippen LogP contribution in [0.5, 0.6) is 0 Å². The lowest BCUT2D eigenvalue weighted by Gasteiger charge is -2.40. The van der Waals surface area contributed by atoms with Crippen molar-refractivity contribution in [2.75, 3.05) is 19.4 Å². The zero-order valence-electron chi connectivity index (χ0n) is 17.5. The first-order chi connectivity index (χ1) is 13.4. The lowest BCUT2D eigenvalue weighted by molar-refractivity contribution is -0.927. The third kappa shape index (κ3) is 3.10. The van der Waals surface area contributed by atoms with E-state index in [4.69, 9.17) is 0 Å². The number of benzene rings is 2. The topological polar surface area (TPSA) is 34.0 Å². The number of hydrogen-bond acceptors (Lipinski definition) is 1. The first kappa shape index (κ1) is 19.0. The smallest absolute Gasteiger partial charge is 0.282 e. The van der Waals surface area contributed by atoms with Gasteiger partial charge in [0.05, 0.1) is 20.1 Å². The van der Waals surface area contributed by atoms with Gasteiger partial charge in [-0.2, -0.15) is 0 Å². The van der Waals surface area contributed by atoms with Crippen LogP contribution in [0, 0.1) is 0 Å². The molecule has 0 saturated heterocycles. The van der Waals surface area contributed by atoms with E-state index >= 15 is 0 Å². The number of anilines is 1. The molecule has 0 spiro atoms. The van der Waals surface area contributed by atoms with Crippen molar-refractivity contribution in [2.24, 2.45) is 0 Å². The molecule has 1 heterocycles. The molecule has 0 bridgehead atoms. The second-order valence-corrected chi connectivity index (χ2v) is 8.73. The van der Waals surface area contributed by atoms with Crippen LogP contribution in [-0.4, -0.2) is 41.1 Å². The molecule has 2 aromatic carbocycles. The Balaban J connectivity index is 1.63. The number of fused-ring (bicyclic) bond motifs is 3. The van der Waals surface area contributed by atoms with E-state index in [2.05, 4.69) is 74.2 Å². The summed E-state index contributed by atoms with van der Waals surface area (Å²) in [6, 6.07) is 15.3. The highest BCUT2D eigenvalue weighted by atomic mass is 16.2. The van der Waals surface area contributed by atoms with Crippen LogP contribution < -0.4 is 5.32 Å². The van der Waals surface area contributed by atoms with Crippen LogP contribution in [0.2, 0.25) is 0 Å². The quantitative estimate of drug-likeness (QED) is 0.611. The number of nitrogens with one attached hydrogen (secondary N) is 1. The maximum Gasteiger partial charge on any atom is 0.282 e. The van der Waals surface area contributed by atoms with Gasteiger partial charge in [-0.1, -0.05) is 18.2 Å². The van der Waals surface area contributed by atoms with Crippen molar-refractivity contribution in [3.63, 3.8) is 0 Å². The number of amides is 1. The van der Waals surface area contributed by atoms with Crippen molar-refractivity contribution in [1.82, 2.24) is 4.57 Å². The summed E-state index contributed by atoms with van der Waals surface area (Å²) in [6.07, 6.45) is 5.04. The maximum atomic E-state index is 13.0. The fourth-order valence-electron chi connectivity index (χ4n) is 4.91. The maximum absolute atomic E-state index is 13.0. The fraction of sp³-hybridized carbons (Fsp3) is 0.458. The minimum atomic E-state index is -0.0734. The standard InChI is InChI=1S/C24H31N3O/c1-5-26-22-13-9-8-12-20(22)21-16-18(14-15-23(21)26)25-24(28)17(2)27(3,4)19-10-6-7-11-19/h8-9,12-17,19H,5-7,10-11H2,1-4H3/p+1/t17-/m1/s1. The first-order valence-corrected chi connectivity index (χ1v) is 10.6. The van der Waals surface area contributed by atoms with Gasteiger partial charge in [0.25, 0.3) is 5.91 Å². The molecule has 1 N–H and O–H groups in total. The van der Waals surface area contributed by atoms with Crippen molar-refractivity contribution < 1.29 is 9.28 Å². The summed E-state index contributed by atoms with van der Waals surface area (Å²) >= 11 is 0. The number of likely N-dealkylation sites (N-methyl/N-ethyl adjacent to an activating group) is 1. The van der Waals surface area contributed by atoms with Crippen molar-refractivity contribution >= 4 is 33.4 Å². The molecule has 1 aliphatic carbocycles. The van der Waals surface area contributed by atoms with Crippen molar-refractivity contribution in [2.45, 2.75) is 58.2 Å². The van der Waals surface area contributed by atoms with Gasteiger partial charge in [-0.25, -0.2) is 0 Å². The van der Waals surface area contributed by atoms with Gasteiger partial charge in [0.1, 0.15) is 0 Å². The van der Waals surface area contributed by atoms with Crippen molar-refractivity contribution in [3.05, 3.63) is 42.5 Å². The first-order valence-electron chi connectivity index (χ1n) is 10.6. The molecular formula is C24H32N3O+. The average molecular weight is 379 g/mol. The predicted octanol–water partition coefficient (Wildman–Crippen LogP) is 5.16. The van der Waals surface area contributed by atoms with Crippen LogP contribution in [0.4, 0.5) is 5.69 Å². The largest absolute Gasteiger partial charge is 0.341 e. The Hall–Kier alpha value is -2.33. The SMILES string of the molecule is CCn1c2ccccc2c2cc(NC(=O)[C@@H](C)[N+](C)(C)C3CCCC3)ccc21. The molecule has 1 fully saturated rings. The van der Waals surface area contributed by atoms with E-state index in [1.165, 1.54) is 47.5 Å². The Morgan fingerprint density at radius 1 is 1.11 bits per heavy atom. The van der Waals surface area contributed by atoms with Crippen molar-refractivity contribution in [3.8, 4) is 0 Å². The Morgan fingerprint density at radius 2 is 1.79 bits per heavy atom. The van der Waals surface area contributed by atoms with Gasteiger partial charge in [0.2, 0.25) is 0 Å². The van der Waals surface area contributed by atoms with E-state index < -0.39 is 0 Å². The summed E-state index contributed by atoms with van der Waals surface area (Å²) in [5.41, 5.74) is 3.35. The van der Waals surface area contributed by atoms with Crippen LogP contribution in [0.25, 0.3) is 21.8 Å². The van der Waals surface area contributed by atoms with Gasteiger partial charge in [-0.05, 0) is 63.8 Å². The number of nitrogens with zero attached hydrogens (tertiary/aromatic N) is 2. The monoisotopic (exact) mass is 378 g/mol. The molecule has 3 aromatic rings. The van der Waals surface area contributed by atoms with E-state index in [1.54, 1.807) is 0 Å². The molecule has 0 radical (unpaired) electrons. The van der Waals surface area contributed by atoms with Gasteiger partial charge < -0.3 is 14.4 Å². The molecule has 4 rings (SSSR count). The molecule has 1 saturated carbocycles. The van der Waals surface area contributed by atoms with Crippen LogP contribution in [0.15, 0.2) is 42.5 Å². The number of para-hydroxylation sites is 1. The van der Waals surface area contributed by atoms with Gasteiger partial charge in [0.15, 0.2) is 6.04 Å². The molecular weight excluding hydrogens is 346 g/mol. The zero-order chi connectivity index (χ0) is 19.9. The number of carbonyl (C=O) groups is 1. The van der Waals surface area contributed by atoms with E-state index in [0.29, 0.717) is 6.04 Å². The average Bonchev–Trinajstić information content (AvgIpc) is 3.34. The van der Waals surface area contributed by atoms with Gasteiger partial charge >= 0.3 is 0 Å². The minimum Gasteiger partial charge on any atom is -0.341 e. The van der Waals surface area contributed by atoms with Crippen LogP contribution in [-0.2, 0) is 11.3 Å². The van der Waals surface area contributed by atoms with Gasteiger partial charge in [0, 0.05) is 34.0 Å². The zero-order valence-corrected chi connectivity index (χ0v) is 17.5. The second kappa shape index (κ2) is 7.25. The lowest BCUT2D eigenvalue weighted by atomic mass is 10.1. The number of rotatable bonds is 5. The predicted molar refractivity (Wildman–Crippen MR) is 118 cm³/mol. The molecule has 1 aliphatic rings. The van der Waals surface area contributed by atoms with Crippen LogP contribution in [0.3, 0.4) is 0 Å². The molecule has 4 nitrogen and oxygen atoms in total. The van der Waals surface area contributed by atoms with E-state index in [1.807, 2.05) is 6.07 Å². The molecule has 4 heteroatoms. The number of quaternary nitrogens is 1. The molecule has 1 atom stereocenters. The third-order valence-corrected chi connectivity index (χ3v) is 7.00. The van der Waals surface area contributed by atoms with Gasteiger partial charge in [-0.3, -0.25) is 4.79 Å². The number of aryl methyl sites for hydroxylation is 1. The Kier molecular flexibility index (Phi) is 4.92. The molecule has 0 unspecified atom stereocenters. The van der Waals surface area contributed by atoms with Crippen LogP contribution in [0.1, 0.15) is 39.5 Å². The highest BCUT2D eigenvalue weighted by molar-refractivity contribution is 6.10. The highest BCUT2D eigenvalue weighted by Crippen LogP contribution is 2.32. The van der Waals surface area contributed by atoms with E-state index in [0.717, 1.165) is 16.7 Å². The summed E-state index contributed by atoms with van der Waals surface area (Å²) in [5, 5.41) is 5.63. The molecule has 0 aliphatic heterocycles. The van der Waals surface area contributed by atoms with E-state index in [-0.39, 0.29) is 11.9 Å². The van der Waals surface area contributed by atoms with E-state index in [9.17, 15) is 4.79 Å². The summed E-state index contributed by atoms with van der Waals surface area (Å²) in [4.78, 5) is 13.0.